The van der Waals surface area contributed by atoms with Crippen LogP contribution in [0.4, 0.5) is 0 Å². The van der Waals surface area contributed by atoms with Crippen LogP contribution in [0.25, 0.3) is 0 Å². The van der Waals surface area contributed by atoms with Crippen molar-refractivity contribution >= 4 is 35.0 Å². The van der Waals surface area contributed by atoms with Crippen LogP contribution in [0.3, 0.4) is 0 Å². The highest BCUT2D eigenvalue weighted by Gasteiger charge is 2.47. The van der Waals surface area contributed by atoms with Crippen LogP contribution in [0.1, 0.15) is 37.4 Å². The first-order chi connectivity index (χ1) is 16.9. The molecule has 4 aromatic carbocycles. The van der Waals surface area contributed by atoms with Crippen LogP contribution < -0.4 is 32.9 Å². The molecule has 4 aromatic rings. The zero-order valence-electron chi connectivity index (χ0n) is 20.7. The normalized spacial score (nSPS) is 12.9. The number of hydrogen-bond acceptors (Lipinski definition) is 2. The standard InChI is InChI=1S/C31H29NO2P.BrH/c1-22-8-14-25(15-9-22)35(26-16-10-23(2)11-17-26,27-18-12-24(3)13-19-27)21-20-32-30(33)28-6-4-5-7-29(28)31(32)34;/h4-19H,20-21H2,1-3H3;1H/q+1;/p-1. The van der Waals surface area contributed by atoms with Gasteiger partial charge in [0, 0.05) is 0 Å². The molecular formula is C31H29BrNO2P. The van der Waals surface area contributed by atoms with E-state index < -0.39 is 7.26 Å². The SMILES string of the molecule is Cc1ccc([P+](CCN2C(=O)c3ccccc3C2=O)(c2ccc(C)cc2)c2ccc(C)cc2)cc1.[Br-]. The molecule has 36 heavy (non-hydrogen) atoms. The summed E-state index contributed by atoms with van der Waals surface area (Å²) in [5, 5.41) is 3.77. The molecule has 0 atom stereocenters. The van der Waals surface area contributed by atoms with E-state index in [0.29, 0.717) is 23.8 Å². The van der Waals surface area contributed by atoms with Gasteiger partial charge in [0.05, 0.1) is 23.8 Å². The van der Waals surface area contributed by atoms with Crippen LogP contribution in [0.2, 0.25) is 0 Å². The fourth-order valence-corrected chi connectivity index (χ4v) is 9.07. The lowest BCUT2D eigenvalue weighted by Gasteiger charge is -2.29. The summed E-state index contributed by atoms with van der Waals surface area (Å²) in [6, 6.07) is 33.5. The average molecular weight is 558 g/mol. The third-order valence-corrected chi connectivity index (χ3v) is 11.4. The number of amides is 2. The maximum Gasteiger partial charge on any atom is 0.261 e. The van der Waals surface area contributed by atoms with Crippen LogP contribution in [0.5, 0.6) is 0 Å². The lowest BCUT2D eigenvalue weighted by atomic mass is 10.1. The first-order valence-electron chi connectivity index (χ1n) is 12.0. The van der Waals surface area contributed by atoms with Gasteiger partial charge in [-0.15, -0.1) is 0 Å². The summed E-state index contributed by atoms with van der Waals surface area (Å²) in [6.45, 7) is 6.66. The molecule has 1 aliphatic heterocycles. The molecule has 1 aliphatic rings. The fraction of sp³-hybridized carbons (Fsp3) is 0.161. The van der Waals surface area contributed by atoms with E-state index in [1.54, 1.807) is 12.1 Å². The highest BCUT2D eigenvalue weighted by molar-refractivity contribution is 7.95. The second-order valence-electron chi connectivity index (χ2n) is 9.35. The average Bonchev–Trinajstić information content (AvgIpc) is 3.12. The molecule has 182 valence electrons. The van der Waals surface area contributed by atoms with Crippen molar-refractivity contribution < 1.29 is 26.6 Å². The van der Waals surface area contributed by atoms with Gasteiger partial charge in [-0.05, 0) is 69.3 Å². The molecule has 0 unspecified atom stereocenters. The zero-order valence-corrected chi connectivity index (χ0v) is 23.2. The van der Waals surface area contributed by atoms with Gasteiger partial charge in [0.2, 0.25) is 0 Å². The number of hydrogen-bond donors (Lipinski definition) is 0. The Labute approximate surface area is 224 Å². The molecule has 0 saturated carbocycles. The van der Waals surface area contributed by atoms with Crippen molar-refractivity contribution in [3.05, 3.63) is 125 Å². The molecular weight excluding hydrogens is 529 g/mol. The van der Waals surface area contributed by atoms with Gasteiger partial charge in [-0.3, -0.25) is 14.5 Å². The monoisotopic (exact) mass is 557 g/mol. The summed E-state index contributed by atoms with van der Waals surface area (Å²) in [7, 11) is -2.16. The second-order valence-corrected chi connectivity index (χ2v) is 13.0. The number of carbonyl (C=O) groups is 2. The number of halogens is 1. The predicted octanol–water partition coefficient (Wildman–Crippen LogP) is 2.21. The molecule has 0 aromatic heterocycles. The van der Waals surface area contributed by atoms with Crippen molar-refractivity contribution in [3.63, 3.8) is 0 Å². The van der Waals surface area contributed by atoms with Gasteiger partial charge in [-0.2, -0.15) is 0 Å². The Morgan fingerprint density at radius 2 is 0.889 bits per heavy atom. The van der Waals surface area contributed by atoms with Crippen LogP contribution in [0, 0.1) is 20.8 Å². The molecule has 0 radical (unpaired) electrons. The summed E-state index contributed by atoms with van der Waals surface area (Å²) in [5.41, 5.74) is 4.63. The van der Waals surface area contributed by atoms with Crippen LogP contribution >= 0.6 is 7.26 Å². The van der Waals surface area contributed by atoms with E-state index in [0.717, 1.165) is 0 Å². The highest BCUT2D eigenvalue weighted by atomic mass is 79.9. The third-order valence-electron chi connectivity index (χ3n) is 6.96. The van der Waals surface area contributed by atoms with Crippen LogP contribution in [-0.2, 0) is 0 Å². The molecule has 0 N–H and O–H groups in total. The molecule has 5 rings (SSSR count). The topological polar surface area (TPSA) is 37.4 Å². The van der Waals surface area contributed by atoms with Gasteiger partial charge in [0.15, 0.2) is 0 Å². The Bertz CT molecular complexity index is 1250. The quantitative estimate of drug-likeness (QED) is 0.269. The fourth-order valence-electron chi connectivity index (χ4n) is 4.92. The van der Waals surface area contributed by atoms with E-state index in [1.807, 2.05) is 12.1 Å². The molecule has 0 bridgehead atoms. The Hall–Kier alpha value is -3.07. The number of benzene rings is 4. The van der Waals surface area contributed by atoms with Gasteiger partial charge in [0.25, 0.3) is 11.8 Å². The Morgan fingerprint density at radius 1 is 0.556 bits per heavy atom. The lowest BCUT2D eigenvalue weighted by molar-refractivity contribution is -0.0000302. The van der Waals surface area contributed by atoms with E-state index in [2.05, 4.69) is 93.6 Å². The summed E-state index contributed by atoms with van der Waals surface area (Å²) < 4.78 is 0. The minimum atomic E-state index is -2.16. The van der Waals surface area contributed by atoms with Crippen LogP contribution in [0.15, 0.2) is 97.1 Å². The van der Waals surface area contributed by atoms with Crippen molar-refractivity contribution in [1.82, 2.24) is 4.90 Å². The molecule has 2 amide bonds. The minimum Gasteiger partial charge on any atom is -1.00 e. The second kappa shape index (κ2) is 10.5. The van der Waals surface area contributed by atoms with Crippen molar-refractivity contribution in [2.24, 2.45) is 0 Å². The summed E-state index contributed by atoms with van der Waals surface area (Å²) in [4.78, 5) is 27.8. The Balaban J connectivity index is 0.00000304. The smallest absolute Gasteiger partial charge is 0.261 e. The van der Waals surface area contributed by atoms with E-state index in [1.165, 1.54) is 37.5 Å². The molecule has 3 nitrogen and oxygen atoms in total. The van der Waals surface area contributed by atoms with Crippen molar-refractivity contribution in [3.8, 4) is 0 Å². The Kier molecular flexibility index (Phi) is 7.59. The largest absolute Gasteiger partial charge is 1.00 e. The number of imide groups is 1. The number of nitrogens with zero attached hydrogens (tertiary/aromatic N) is 1. The maximum absolute atomic E-state index is 13.2. The molecule has 0 saturated heterocycles. The number of fused-ring (bicyclic) bond motifs is 1. The molecule has 0 spiro atoms. The molecule has 1 heterocycles. The van der Waals surface area contributed by atoms with Crippen molar-refractivity contribution in [2.75, 3.05) is 12.7 Å². The van der Waals surface area contributed by atoms with Gasteiger partial charge in [-0.1, -0.05) is 65.2 Å². The summed E-state index contributed by atoms with van der Waals surface area (Å²) >= 11 is 0. The molecule has 0 fully saturated rings. The van der Waals surface area contributed by atoms with Gasteiger partial charge >= 0.3 is 0 Å². The lowest BCUT2D eigenvalue weighted by Crippen LogP contribution is -3.00. The third kappa shape index (κ3) is 4.56. The maximum atomic E-state index is 13.2. The van der Waals surface area contributed by atoms with Gasteiger partial charge < -0.3 is 17.0 Å². The first-order valence-corrected chi connectivity index (χ1v) is 13.9. The highest BCUT2D eigenvalue weighted by Crippen LogP contribution is 2.55. The zero-order chi connectivity index (χ0) is 24.6. The number of carbonyl (C=O) groups excluding carboxylic acids is 2. The Morgan fingerprint density at radius 3 is 1.22 bits per heavy atom. The van der Waals surface area contributed by atoms with Crippen LogP contribution in [-0.4, -0.2) is 29.4 Å². The number of aryl methyl sites for hydroxylation is 3. The molecule has 5 heteroatoms. The minimum absolute atomic E-state index is 0. The van der Waals surface area contributed by atoms with Crippen molar-refractivity contribution in [2.45, 2.75) is 20.8 Å². The van der Waals surface area contributed by atoms with E-state index in [4.69, 9.17) is 0 Å². The van der Waals surface area contributed by atoms with E-state index in [-0.39, 0.29) is 28.8 Å². The summed E-state index contributed by atoms with van der Waals surface area (Å²) in [6.07, 6.45) is 0.688. The summed E-state index contributed by atoms with van der Waals surface area (Å²) in [5.74, 6) is -0.388. The van der Waals surface area contributed by atoms with Crippen molar-refractivity contribution in [1.29, 1.82) is 0 Å². The van der Waals surface area contributed by atoms with Gasteiger partial charge in [0.1, 0.15) is 23.2 Å². The molecule has 0 aliphatic carbocycles. The first kappa shape index (κ1) is 26.0. The predicted molar refractivity (Wildman–Crippen MR) is 146 cm³/mol. The van der Waals surface area contributed by atoms with Gasteiger partial charge in [-0.25, -0.2) is 0 Å². The number of rotatable bonds is 6. The van der Waals surface area contributed by atoms with E-state index >= 15 is 0 Å². The van der Waals surface area contributed by atoms with E-state index in [9.17, 15) is 9.59 Å².